The number of aromatic nitrogens is 1. The number of halogens is 1. The van der Waals surface area contributed by atoms with Gasteiger partial charge in [-0.05, 0) is 54.4 Å². The Balaban J connectivity index is 0.00000337. The van der Waals surface area contributed by atoms with Crippen molar-refractivity contribution in [3.8, 4) is 5.75 Å². The van der Waals surface area contributed by atoms with Crippen LogP contribution in [-0.4, -0.2) is 77.1 Å². The molecule has 1 N–H and O–H groups in total. The summed E-state index contributed by atoms with van der Waals surface area (Å²) in [6.45, 7) is 5.19. The molecule has 6 rings (SSSR count). The minimum atomic E-state index is -3.68. The predicted molar refractivity (Wildman–Crippen MR) is 166 cm³/mol. The molecule has 0 bridgehead atoms. The highest BCUT2D eigenvalue weighted by molar-refractivity contribution is 7.92. The number of ether oxygens (including phenoxy) is 1. The van der Waals surface area contributed by atoms with Gasteiger partial charge < -0.3 is 15.0 Å². The van der Waals surface area contributed by atoms with E-state index in [4.69, 9.17) is 9.72 Å². The molecule has 0 atom stereocenters. The fourth-order valence-corrected chi connectivity index (χ4v) is 7.81. The van der Waals surface area contributed by atoms with Crippen molar-refractivity contribution in [2.45, 2.75) is 11.3 Å². The van der Waals surface area contributed by atoms with Gasteiger partial charge in [-0.1, -0.05) is 35.6 Å². The lowest BCUT2D eigenvalue weighted by atomic mass is 10.2. The molecule has 216 valence electrons. The van der Waals surface area contributed by atoms with Gasteiger partial charge >= 0.3 is 0 Å². The van der Waals surface area contributed by atoms with Crippen LogP contribution in [0.3, 0.4) is 0 Å². The number of amides is 1. The second-order valence-electron chi connectivity index (χ2n) is 9.87. The van der Waals surface area contributed by atoms with Gasteiger partial charge in [-0.2, -0.15) is 0 Å². The number of carbonyl (C=O) groups excluding carboxylic acids is 1. The molecule has 0 aliphatic carbocycles. The molecule has 9 nitrogen and oxygen atoms in total. The highest BCUT2D eigenvalue weighted by Gasteiger charge is 2.30. The Morgan fingerprint density at radius 3 is 2.49 bits per heavy atom. The van der Waals surface area contributed by atoms with Crippen LogP contribution in [0.4, 0.5) is 10.8 Å². The molecule has 1 saturated heterocycles. The van der Waals surface area contributed by atoms with Crippen molar-refractivity contribution < 1.29 is 17.9 Å². The summed E-state index contributed by atoms with van der Waals surface area (Å²) in [5.41, 5.74) is 3.10. The van der Waals surface area contributed by atoms with Crippen LogP contribution < -0.4 is 19.3 Å². The van der Waals surface area contributed by atoms with Gasteiger partial charge in [0.1, 0.15) is 11.3 Å². The van der Waals surface area contributed by atoms with Crippen molar-refractivity contribution in [3.05, 3.63) is 77.9 Å². The number of para-hydroxylation sites is 2. The summed E-state index contributed by atoms with van der Waals surface area (Å²) in [5.74, 6) is 0.584. The van der Waals surface area contributed by atoms with Gasteiger partial charge in [0, 0.05) is 51.4 Å². The van der Waals surface area contributed by atoms with Crippen LogP contribution in [0.5, 0.6) is 5.75 Å². The number of carbonyl (C=O) groups is 1. The maximum atomic E-state index is 13.2. The quantitative estimate of drug-likeness (QED) is 0.321. The predicted octanol–water partition coefficient (Wildman–Crippen LogP) is 4.03. The Morgan fingerprint density at radius 2 is 1.73 bits per heavy atom. The third-order valence-electron chi connectivity index (χ3n) is 7.50. The molecule has 4 aromatic rings. The fraction of sp³-hybridized carbons (Fsp3) is 0.310. The topological polar surface area (TPSA) is 95.1 Å². The van der Waals surface area contributed by atoms with E-state index in [9.17, 15) is 13.2 Å². The summed E-state index contributed by atoms with van der Waals surface area (Å²) in [6, 6.07) is 19.7. The highest BCUT2D eigenvalue weighted by Crippen LogP contribution is 2.35. The number of piperazine rings is 1. The molecule has 0 unspecified atom stereocenters. The third kappa shape index (κ3) is 5.85. The van der Waals surface area contributed by atoms with Crippen molar-refractivity contribution in [1.82, 2.24) is 15.2 Å². The van der Waals surface area contributed by atoms with Gasteiger partial charge in [0.2, 0.25) is 0 Å². The van der Waals surface area contributed by atoms with Gasteiger partial charge in [-0.25, -0.2) is 13.4 Å². The molecule has 1 aromatic heterocycles. The number of thiazole rings is 1. The number of fused-ring (bicyclic) bond motifs is 2. The lowest BCUT2D eigenvalue weighted by Gasteiger charge is -2.34. The number of anilines is 2. The molecule has 1 amide bonds. The number of hydrogen-bond acceptors (Lipinski definition) is 8. The van der Waals surface area contributed by atoms with E-state index >= 15 is 0 Å². The van der Waals surface area contributed by atoms with Crippen LogP contribution in [0.2, 0.25) is 0 Å². The first kappa shape index (κ1) is 29.1. The molecule has 12 heteroatoms. The van der Waals surface area contributed by atoms with E-state index in [1.54, 1.807) is 30.6 Å². The monoisotopic (exact) mass is 613 g/mol. The van der Waals surface area contributed by atoms with E-state index in [1.807, 2.05) is 36.4 Å². The zero-order chi connectivity index (χ0) is 27.7. The van der Waals surface area contributed by atoms with Gasteiger partial charge in [-0.3, -0.25) is 14.0 Å². The average Bonchev–Trinajstić information content (AvgIpc) is 3.63. The molecule has 0 spiro atoms. The van der Waals surface area contributed by atoms with Crippen molar-refractivity contribution in [2.75, 3.05) is 62.1 Å². The Morgan fingerprint density at radius 1 is 0.976 bits per heavy atom. The molecule has 41 heavy (non-hydrogen) atoms. The Hall–Kier alpha value is -3.38. The highest BCUT2D eigenvalue weighted by atomic mass is 35.5. The van der Waals surface area contributed by atoms with E-state index in [2.05, 4.69) is 21.2 Å². The maximum Gasteiger partial charge on any atom is 0.264 e. The average molecular weight is 614 g/mol. The minimum Gasteiger partial charge on any atom is -0.494 e. The van der Waals surface area contributed by atoms with E-state index in [-0.39, 0.29) is 23.2 Å². The summed E-state index contributed by atoms with van der Waals surface area (Å²) < 4.78 is 34.5. The first-order valence-electron chi connectivity index (χ1n) is 13.3. The molecular formula is C29H32ClN5O4S2. The Labute approximate surface area is 250 Å². The summed E-state index contributed by atoms with van der Waals surface area (Å²) in [4.78, 5) is 22.3. The van der Waals surface area contributed by atoms with Crippen LogP contribution in [-0.2, 0) is 16.4 Å². The number of sulfonamides is 1. The number of rotatable bonds is 8. The first-order chi connectivity index (χ1) is 19.4. The van der Waals surface area contributed by atoms with Gasteiger partial charge in [0.25, 0.3) is 15.9 Å². The maximum absolute atomic E-state index is 13.2. The first-order valence-corrected chi connectivity index (χ1v) is 15.6. The molecular weight excluding hydrogens is 582 g/mol. The van der Waals surface area contributed by atoms with Crippen LogP contribution >= 0.6 is 23.7 Å². The number of benzene rings is 3. The standard InChI is InChI=1S/C29H31N5O4S2.ClH/c1-38-25-7-4-8-26-27(25)31-29(39-26)33-19-17-32(18-20-33)16-14-30-28(35)22-9-11-23(12-10-22)40(36,37)34-15-13-21-5-2-3-6-24(21)34;/h2-12H,13-20H2,1H3,(H,30,35);1H. The second kappa shape index (κ2) is 12.2. The lowest BCUT2D eigenvalue weighted by molar-refractivity contribution is 0.0947. The van der Waals surface area contributed by atoms with Crippen molar-refractivity contribution in [1.29, 1.82) is 0 Å². The molecule has 2 aliphatic heterocycles. The zero-order valence-electron chi connectivity index (χ0n) is 22.7. The normalized spacial score (nSPS) is 15.4. The lowest BCUT2D eigenvalue weighted by Crippen LogP contribution is -2.48. The van der Waals surface area contributed by atoms with E-state index in [0.29, 0.717) is 25.1 Å². The smallest absolute Gasteiger partial charge is 0.264 e. The molecule has 3 aromatic carbocycles. The minimum absolute atomic E-state index is 0. The van der Waals surface area contributed by atoms with Crippen LogP contribution in [0.1, 0.15) is 15.9 Å². The van der Waals surface area contributed by atoms with Crippen molar-refractivity contribution in [2.24, 2.45) is 0 Å². The number of nitrogens with zero attached hydrogens (tertiary/aromatic N) is 4. The Bertz CT molecular complexity index is 1640. The van der Waals surface area contributed by atoms with Crippen LogP contribution in [0.25, 0.3) is 10.2 Å². The molecule has 1 fully saturated rings. The summed E-state index contributed by atoms with van der Waals surface area (Å²) >= 11 is 1.68. The molecule has 3 heterocycles. The Kier molecular flexibility index (Phi) is 8.69. The molecule has 0 saturated carbocycles. The number of hydrogen-bond donors (Lipinski definition) is 1. The number of nitrogens with one attached hydrogen (secondary N) is 1. The van der Waals surface area contributed by atoms with Crippen LogP contribution in [0.15, 0.2) is 71.6 Å². The van der Waals surface area contributed by atoms with E-state index in [0.717, 1.165) is 65.1 Å². The van der Waals surface area contributed by atoms with Gasteiger partial charge in [0.05, 0.1) is 22.4 Å². The van der Waals surface area contributed by atoms with Gasteiger partial charge in [-0.15, -0.1) is 12.4 Å². The SMILES string of the molecule is COc1cccc2sc(N3CCN(CCNC(=O)c4ccc(S(=O)(=O)N5CCc6ccccc65)cc4)CC3)nc12.Cl. The largest absolute Gasteiger partial charge is 0.494 e. The van der Waals surface area contributed by atoms with Crippen LogP contribution in [0, 0.1) is 0 Å². The number of methoxy groups -OCH3 is 1. The summed E-state index contributed by atoms with van der Waals surface area (Å²) in [7, 11) is -2.01. The van der Waals surface area contributed by atoms with Gasteiger partial charge in [0.15, 0.2) is 5.13 Å². The zero-order valence-corrected chi connectivity index (χ0v) is 25.1. The fourth-order valence-electron chi connectivity index (χ4n) is 5.27. The summed E-state index contributed by atoms with van der Waals surface area (Å²) in [5, 5.41) is 3.97. The van der Waals surface area contributed by atoms with Crippen molar-refractivity contribution in [3.63, 3.8) is 0 Å². The molecule has 2 aliphatic rings. The third-order valence-corrected chi connectivity index (χ3v) is 10.4. The second-order valence-corrected chi connectivity index (χ2v) is 12.7. The van der Waals surface area contributed by atoms with E-state index < -0.39 is 10.0 Å². The van der Waals surface area contributed by atoms with E-state index in [1.165, 1.54) is 16.4 Å². The van der Waals surface area contributed by atoms with Crippen molar-refractivity contribution >= 4 is 60.7 Å². The summed E-state index contributed by atoms with van der Waals surface area (Å²) in [6.07, 6.45) is 0.697. The molecule has 0 radical (unpaired) electrons.